The first kappa shape index (κ1) is 37.6. The lowest BCUT2D eigenvalue weighted by Gasteiger charge is -2.05. The van der Waals surface area contributed by atoms with Crippen molar-refractivity contribution in [2.24, 2.45) is 0 Å². The normalized spacial score (nSPS) is 12.2. The van der Waals surface area contributed by atoms with Gasteiger partial charge in [-0.05, 0) is 80.8 Å². The highest BCUT2D eigenvalue weighted by Crippen LogP contribution is 2.14. The summed E-state index contributed by atoms with van der Waals surface area (Å²) in [5.41, 5.74) is 0. The summed E-state index contributed by atoms with van der Waals surface area (Å²) in [5, 5.41) is 28.0. The summed E-state index contributed by atoms with van der Waals surface area (Å²) in [6.45, 7) is -0.199. The Bertz CT molecular complexity index is 844. The Kier molecular flexibility index (Phi) is 30.8. The molecule has 0 rings (SSSR count). The van der Waals surface area contributed by atoms with Crippen LogP contribution in [0.5, 0.6) is 0 Å². The third kappa shape index (κ3) is 31.8. The van der Waals surface area contributed by atoms with Crippen LogP contribution in [0.4, 0.5) is 0 Å². The second kappa shape index (κ2) is 32.8. The van der Waals surface area contributed by atoms with Crippen LogP contribution in [0, 0.1) is 47.9 Å². The highest BCUT2D eigenvalue weighted by Gasteiger charge is 2.00. The summed E-state index contributed by atoms with van der Waals surface area (Å²) in [5.74, 6) is 17.7. The van der Waals surface area contributed by atoms with E-state index in [-0.39, 0.29) is 12.7 Å². The predicted molar refractivity (Wildman–Crippen MR) is 171 cm³/mol. The quantitative estimate of drug-likeness (QED) is 0.0615. The lowest BCUT2D eigenvalue weighted by Crippen LogP contribution is -2.01. The largest absolute Gasteiger partial charge is 0.389 e. The van der Waals surface area contributed by atoms with Crippen LogP contribution in [0.2, 0.25) is 0 Å². The highest BCUT2D eigenvalue weighted by atomic mass is 16.3. The number of unbranched alkanes of at least 4 members (excludes halogenated alkanes) is 18. The fraction of sp³-hybridized carbons (Fsp3) is 0.676. The van der Waals surface area contributed by atoms with Gasteiger partial charge in [-0.2, -0.15) is 0 Å². The Morgan fingerprint density at radius 2 is 1.00 bits per heavy atom. The van der Waals surface area contributed by atoms with E-state index in [1.807, 2.05) is 0 Å². The van der Waals surface area contributed by atoms with Gasteiger partial charge < -0.3 is 15.3 Å². The van der Waals surface area contributed by atoms with Crippen molar-refractivity contribution in [2.45, 2.75) is 153 Å². The average Bonchev–Trinajstić information content (AvgIpc) is 2.96. The molecule has 0 saturated carbocycles. The minimum absolute atomic E-state index is 0.199. The molecule has 0 aromatic rings. The molecule has 0 amide bonds. The van der Waals surface area contributed by atoms with E-state index in [0.717, 1.165) is 25.7 Å². The molecule has 0 heterocycles. The van der Waals surface area contributed by atoms with Crippen LogP contribution in [-0.2, 0) is 0 Å². The van der Waals surface area contributed by atoms with Gasteiger partial charge in [0.2, 0.25) is 0 Å². The van der Waals surface area contributed by atoms with E-state index < -0.39 is 6.10 Å². The van der Waals surface area contributed by atoms with Gasteiger partial charge in [0.15, 0.2) is 0 Å². The molecule has 3 heteroatoms. The molecule has 0 fully saturated rings. The summed E-state index contributed by atoms with van der Waals surface area (Å²) in [4.78, 5) is 0. The first-order valence-electron chi connectivity index (χ1n) is 15.9. The zero-order valence-electron chi connectivity index (χ0n) is 25.1. The molecule has 3 N–H and O–H groups in total. The third-order valence-electron chi connectivity index (χ3n) is 6.89. The lowest BCUT2D eigenvalue weighted by atomic mass is 10.0. The van der Waals surface area contributed by atoms with Crippen molar-refractivity contribution in [1.29, 1.82) is 0 Å². The summed E-state index contributed by atoms with van der Waals surface area (Å²) in [6.07, 6.45) is 39.1. The van der Waals surface area contributed by atoms with Crippen molar-refractivity contribution in [2.75, 3.05) is 6.61 Å². The Labute approximate surface area is 247 Å². The van der Waals surface area contributed by atoms with Gasteiger partial charge in [-0.25, -0.2) is 0 Å². The number of allylic oxidation sites excluding steroid dienone is 3. The summed E-state index contributed by atoms with van der Waals surface area (Å²) in [7, 11) is 0. The highest BCUT2D eigenvalue weighted by molar-refractivity contribution is 5.36. The minimum Gasteiger partial charge on any atom is -0.389 e. The molecule has 2 unspecified atom stereocenters. The van der Waals surface area contributed by atoms with E-state index in [1.165, 1.54) is 109 Å². The SMILES string of the molecule is C#C/C=C\C(O)CCCCCCCCCCC/C=C\CCCCCCCCCCCC(O)C#CC#CC#CCO. The van der Waals surface area contributed by atoms with E-state index in [2.05, 4.69) is 53.6 Å². The maximum Gasteiger partial charge on any atom is 0.115 e. The van der Waals surface area contributed by atoms with Crippen LogP contribution < -0.4 is 0 Å². The van der Waals surface area contributed by atoms with Crippen molar-refractivity contribution in [3.05, 3.63) is 24.3 Å². The number of hydrogen-bond acceptors (Lipinski definition) is 3. The topological polar surface area (TPSA) is 60.7 Å². The van der Waals surface area contributed by atoms with Crippen LogP contribution in [-0.4, -0.2) is 34.1 Å². The fourth-order valence-corrected chi connectivity index (χ4v) is 4.53. The molecule has 0 aliphatic carbocycles. The van der Waals surface area contributed by atoms with E-state index in [4.69, 9.17) is 11.5 Å². The van der Waals surface area contributed by atoms with E-state index >= 15 is 0 Å². The minimum atomic E-state index is -0.610. The van der Waals surface area contributed by atoms with Gasteiger partial charge in [0.25, 0.3) is 0 Å². The van der Waals surface area contributed by atoms with Gasteiger partial charge in [-0.3, -0.25) is 0 Å². The van der Waals surface area contributed by atoms with Crippen molar-refractivity contribution in [1.82, 2.24) is 0 Å². The number of terminal acetylenes is 1. The van der Waals surface area contributed by atoms with Crippen molar-refractivity contribution in [3.8, 4) is 47.9 Å². The molecular formula is C37H56O3. The molecule has 0 saturated heterocycles. The number of aliphatic hydroxyl groups excluding tert-OH is 3. The van der Waals surface area contributed by atoms with Gasteiger partial charge in [0.1, 0.15) is 12.7 Å². The molecule has 0 aliphatic heterocycles. The molecular weight excluding hydrogens is 492 g/mol. The Hall–Kier alpha value is -2.40. The predicted octanol–water partition coefficient (Wildman–Crippen LogP) is 8.04. The average molecular weight is 549 g/mol. The van der Waals surface area contributed by atoms with Crippen LogP contribution >= 0.6 is 0 Å². The number of aliphatic hydroxyl groups is 3. The Morgan fingerprint density at radius 3 is 1.50 bits per heavy atom. The zero-order valence-corrected chi connectivity index (χ0v) is 25.1. The van der Waals surface area contributed by atoms with E-state index in [0.29, 0.717) is 6.42 Å². The first-order chi connectivity index (χ1) is 19.7. The summed E-state index contributed by atoms with van der Waals surface area (Å²) in [6, 6.07) is 0. The monoisotopic (exact) mass is 548 g/mol. The van der Waals surface area contributed by atoms with Gasteiger partial charge in [0.05, 0.1) is 6.10 Å². The van der Waals surface area contributed by atoms with Gasteiger partial charge in [-0.15, -0.1) is 6.42 Å². The maximum absolute atomic E-state index is 9.82. The molecule has 0 bridgehead atoms. The molecule has 0 aliphatic rings. The smallest absolute Gasteiger partial charge is 0.115 e. The molecule has 0 radical (unpaired) electrons. The van der Waals surface area contributed by atoms with Gasteiger partial charge in [-0.1, -0.05) is 126 Å². The third-order valence-corrected chi connectivity index (χ3v) is 6.89. The molecule has 0 aromatic carbocycles. The molecule has 40 heavy (non-hydrogen) atoms. The van der Waals surface area contributed by atoms with E-state index in [9.17, 15) is 10.2 Å². The fourth-order valence-electron chi connectivity index (χ4n) is 4.53. The van der Waals surface area contributed by atoms with Crippen LogP contribution in [0.1, 0.15) is 141 Å². The summed E-state index contributed by atoms with van der Waals surface area (Å²) < 4.78 is 0. The standard InChI is InChI=1S/C37H56O3/c1-2-3-31-36(39)32-27-23-20-18-16-14-12-10-8-6-4-5-7-9-11-13-15-17-19-21-24-28-33-37(40)34-29-25-22-26-30-35-38/h1,3-5,31,36-40H,6-21,23-24,27-28,32-33,35H2/b5-4-,31-3-. The van der Waals surface area contributed by atoms with Crippen molar-refractivity contribution >= 4 is 0 Å². The summed E-state index contributed by atoms with van der Waals surface area (Å²) >= 11 is 0. The zero-order chi connectivity index (χ0) is 29.2. The Morgan fingerprint density at radius 1 is 0.550 bits per heavy atom. The molecule has 222 valence electrons. The van der Waals surface area contributed by atoms with Crippen molar-refractivity contribution in [3.63, 3.8) is 0 Å². The van der Waals surface area contributed by atoms with Crippen LogP contribution in [0.15, 0.2) is 24.3 Å². The van der Waals surface area contributed by atoms with Crippen LogP contribution in [0.3, 0.4) is 0 Å². The number of hydrogen-bond donors (Lipinski definition) is 3. The first-order valence-corrected chi connectivity index (χ1v) is 15.9. The van der Waals surface area contributed by atoms with Crippen molar-refractivity contribution < 1.29 is 15.3 Å². The molecule has 2 atom stereocenters. The number of rotatable bonds is 25. The van der Waals surface area contributed by atoms with Gasteiger partial charge >= 0.3 is 0 Å². The second-order valence-electron chi connectivity index (χ2n) is 10.6. The Balaban J connectivity index is 3.30. The van der Waals surface area contributed by atoms with Gasteiger partial charge in [0, 0.05) is 0 Å². The second-order valence-corrected chi connectivity index (χ2v) is 10.6. The maximum atomic E-state index is 9.82. The molecule has 3 nitrogen and oxygen atoms in total. The lowest BCUT2D eigenvalue weighted by molar-refractivity contribution is 0.208. The molecule has 0 spiro atoms. The molecule has 0 aromatic heterocycles. The van der Waals surface area contributed by atoms with Crippen LogP contribution in [0.25, 0.3) is 0 Å². The van der Waals surface area contributed by atoms with E-state index in [1.54, 1.807) is 12.2 Å².